The third-order valence-electron chi connectivity index (χ3n) is 3.40. The zero-order chi connectivity index (χ0) is 17.1. The first-order valence-electron chi connectivity index (χ1n) is 7.65. The molecule has 0 unspecified atom stereocenters. The van der Waals surface area contributed by atoms with Crippen LogP contribution in [0.4, 0.5) is 10.6 Å². The van der Waals surface area contributed by atoms with Gasteiger partial charge in [0.1, 0.15) is 5.75 Å². The Bertz CT molecular complexity index is 876. The van der Waals surface area contributed by atoms with Crippen molar-refractivity contribution in [2.24, 2.45) is 0 Å². The third kappa shape index (κ3) is 3.60. The number of carbonyl (C=O) groups excluding carboxylic acids is 1. The lowest BCUT2D eigenvalue weighted by atomic mass is 10.0. The Hall–Kier alpha value is -3.15. The highest BCUT2D eigenvalue weighted by Gasteiger charge is 2.07. The molecule has 24 heavy (non-hydrogen) atoms. The van der Waals surface area contributed by atoms with E-state index >= 15 is 0 Å². The van der Waals surface area contributed by atoms with Crippen LogP contribution in [0.5, 0.6) is 5.75 Å². The summed E-state index contributed by atoms with van der Waals surface area (Å²) in [5.74, 6) is 0.616. The van der Waals surface area contributed by atoms with Gasteiger partial charge in [-0.05, 0) is 49.2 Å². The van der Waals surface area contributed by atoms with Crippen molar-refractivity contribution >= 4 is 22.9 Å². The van der Waals surface area contributed by atoms with Gasteiger partial charge in [0.05, 0.1) is 17.2 Å². The van der Waals surface area contributed by atoms with E-state index in [2.05, 4.69) is 20.6 Å². The zero-order valence-electron chi connectivity index (χ0n) is 13.4. The van der Waals surface area contributed by atoms with Gasteiger partial charge in [0.15, 0.2) is 5.82 Å². The summed E-state index contributed by atoms with van der Waals surface area (Å²) >= 11 is 0. The summed E-state index contributed by atoms with van der Waals surface area (Å²) in [5, 5.41) is 14.8. The summed E-state index contributed by atoms with van der Waals surface area (Å²) in [7, 11) is 0. The highest BCUT2D eigenvalue weighted by molar-refractivity contribution is 5.90. The minimum Gasteiger partial charge on any atom is -0.508 e. The summed E-state index contributed by atoms with van der Waals surface area (Å²) in [4.78, 5) is 20.5. The Morgan fingerprint density at radius 2 is 1.75 bits per heavy atom. The standard InChI is InChI=1S/C18H18N4O2/c1-11(2)20-18(24)22-17-10-19-15-8-5-13(9-16(15)21-17)12-3-6-14(23)7-4-12/h3-11,23H,1-2H3,(H2,20,21,22,24). The second-order valence-corrected chi connectivity index (χ2v) is 5.76. The van der Waals surface area contributed by atoms with Crippen LogP contribution in [0, 0.1) is 0 Å². The molecule has 3 rings (SSSR count). The number of amides is 2. The summed E-state index contributed by atoms with van der Waals surface area (Å²) in [6, 6.07) is 12.4. The van der Waals surface area contributed by atoms with E-state index < -0.39 is 0 Å². The number of carbonyl (C=O) groups is 1. The molecule has 0 saturated carbocycles. The molecule has 3 N–H and O–H groups in total. The molecule has 3 aromatic rings. The number of phenolic OH excluding ortho intramolecular Hbond substituents is 1. The summed E-state index contributed by atoms with van der Waals surface area (Å²) in [6.07, 6.45) is 1.53. The van der Waals surface area contributed by atoms with Crippen molar-refractivity contribution in [2.75, 3.05) is 5.32 Å². The monoisotopic (exact) mass is 322 g/mol. The predicted molar refractivity (Wildman–Crippen MR) is 93.9 cm³/mol. The maximum absolute atomic E-state index is 11.8. The van der Waals surface area contributed by atoms with Crippen LogP contribution >= 0.6 is 0 Å². The summed E-state index contributed by atoms with van der Waals surface area (Å²) < 4.78 is 0. The Labute approximate surface area is 139 Å². The van der Waals surface area contributed by atoms with Crippen LogP contribution in [0.3, 0.4) is 0 Å². The van der Waals surface area contributed by atoms with Crippen LogP contribution in [-0.4, -0.2) is 27.1 Å². The quantitative estimate of drug-likeness (QED) is 0.688. The van der Waals surface area contributed by atoms with E-state index in [1.54, 1.807) is 12.1 Å². The van der Waals surface area contributed by atoms with Crippen molar-refractivity contribution in [3.63, 3.8) is 0 Å². The van der Waals surface area contributed by atoms with Crippen LogP contribution in [0.25, 0.3) is 22.2 Å². The van der Waals surface area contributed by atoms with Gasteiger partial charge in [-0.1, -0.05) is 18.2 Å². The van der Waals surface area contributed by atoms with Crippen molar-refractivity contribution in [3.05, 3.63) is 48.7 Å². The van der Waals surface area contributed by atoms with Crippen molar-refractivity contribution in [3.8, 4) is 16.9 Å². The molecular weight excluding hydrogens is 304 g/mol. The number of hydrogen-bond donors (Lipinski definition) is 3. The lowest BCUT2D eigenvalue weighted by Crippen LogP contribution is -2.34. The molecule has 0 saturated heterocycles. The Morgan fingerprint density at radius 3 is 2.46 bits per heavy atom. The molecule has 2 aromatic carbocycles. The number of phenols is 1. The molecule has 1 heterocycles. The molecule has 122 valence electrons. The predicted octanol–water partition coefficient (Wildman–Crippen LogP) is 3.53. The number of aromatic hydroxyl groups is 1. The number of nitrogens with zero attached hydrogens (tertiary/aromatic N) is 2. The smallest absolute Gasteiger partial charge is 0.320 e. The molecule has 1 aromatic heterocycles. The fraction of sp³-hybridized carbons (Fsp3) is 0.167. The molecule has 0 bridgehead atoms. The Morgan fingerprint density at radius 1 is 1.04 bits per heavy atom. The van der Waals surface area contributed by atoms with Gasteiger partial charge in [-0.15, -0.1) is 0 Å². The highest BCUT2D eigenvalue weighted by Crippen LogP contribution is 2.25. The van der Waals surface area contributed by atoms with Gasteiger partial charge in [0.25, 0.3) is 0 Å². The first-order valence-corrected chi connectivity index (χ1v) is 7.65. The molecular formula is C18H18N4O2. The second-order valence-electron chi connectivity index (χ2n) is 5.76. The molecule has 0 fully saturated rings. The fourth-order valence-electron chi connectivity index (χ4n) is 2.32. The van der Waals surface area contributed by atoms with E-state index in [0.717, 1.165) is 16.6 Å². The van der Waals surface area contributed by atoms with Crippen molar-refractivity contribution < 1.29 is 9.90 Å². The molecule has 0 aliphatic rings. The molecule has 0 atom stereocenters. The van der Waals surface area contributed by atoms with Gasteiger partial charge >= 0.3 is 6.03 Å². The number of nitrogens with one attached hydrogen (secondary N) is 2. The van der Waals surface area contributed by atoms with Gasteiger partial charge < -0.3 is 10.4 Å². The normalized spacial score (nSPS) is 10.8. The number of anilines is 1. The van der Waals surface area contributed by atoms with Crippen LogP contribution in [-0.2, 0) is 0 Å². The van der Waals surface area contributed by atoms with Gasteiger partial charge in [-0.25, -0.2) is 9.78 Å². The van der Waals surface area contributed by atoms with E-state index in [1.165, 1.54) is 6.20 Å². The number of hydrogen-bond acceptors (Lipinski definition) is 4. The maximum atomic E-state index is 11.8. The van der Waals surface area contributed by atoms with Gasteiger partial charge in [-0.3, -0.25) is 10.3 Å². The molecule has 0 spiro atoms. The van der Waals surface area contributed by atoms with E-state index in [9.17, 15) is 9.90 Å². The molecule has 6 heteroatoms. The molecule has 0 aliphatic heterocycles. The van der Waals surface area contributed by atoms with Crippen LogP contribution < -0.4 is 10.6 Å². The van der Waals surface area contributed by atoms with Gasteiger partial charge in [0, 0.05) is 6.04 Å². The van der Waals surface area contributed by atoms with E-state index in [1.807, 2.05) is 44.2 Å². The number of benzene rings is 2. The summed E-state index contributed by atoms with van der Waals surface area (Å²) in [5.41, 5.74) is 3.35. The maximum Gasteiger partial charge on any atom is 0.320 e. The first-order chi connectivity index (χ1) is 11.5. The minimum absolute atomic E-state index is 0.0412. The average molecular weight is 322 g/mol. The summed E-state index contributed by atoms with van der Waals surface area (Å²) in [6.45, 7) is 3.77. The van der Waals surface area contributed by atoms with E-state index in [0.29, 0.717) is 11.3 Å². The third-order valence-corrected chi connectivity index (χ3v) is 3.40. The topological polar surface area (TPSA) is 87.1 Å². The average Bonchev–Trinajstić information content (AvgIpc) is 2.54. The number of rotatable bonds is 3. The fourth-order valence-corrected chi connectivity index (χ4v) is 2.32. The first kappa shape index (κ1) is 15.7. The number of urea groups is 1. The van der Waals surface area contributed by atoms with E-state index in [4.69, 9.17) is 0 Å². The van der Waals surface area contributed by atoms with Crippen molar-refractivity contribution in [1.82, 2.24) is 15.3 Å². The Balaban J connectivity index is 1.90. The minimum atomic E-state index is -0.312. The van der Waals surface area contributed by atoms with Crippen LogP contribution in [0.15, 0.2) is 48.7 Å². The van der Waals surface area contributed by atoms with Crippen LogP contribution in [0.1, 0.15) is 13.8 Å². The van der Waals surface area contributed by atoms with Crippen molar-refractivity contribution in [1.29, 1.82) is 0 Å². The SMILES string of the molecule is CC(C)NC(=O)Nc1cnc2ccc(-c3ccc(O)cc3)cc2n1. The molecule has 6 nitrogen and oxygen atoms in total. The van der Waals surface area contributed by atoms with Crippen LogP contribution in [0.2, 0.25) is 0 Å². The lowest BCUT2D eigenvalue weighted by molar-refractivity contribution is 0.250. The number of fused-ring (bicyclic) bond motifs is 1. The zero-order valence-corrected chi connectivity index (χ0v) is 13.4. The largest absolute Gasteiger partial charge is 0.508 e. The molecule has 0 radical (unpaired) electrons. The van der Waals surface area contributed by atoms with Gasteiger partial charge in [0.2, 0.25) is 0 Å². The van der Waals surface area contributed by atoms with E-state index in [-0.39, 0.29) is 17.8 Å². The Kier molecular flexibility index (Phi) is 4.29. The number of aromatic nitrogens is 2. The lowest BCUT2D eigenvalue weighted by Gasteiger charge is -2.10. The molecule has 2 amide bonds. The highest BCUT2D eigenvalue weighted by atomic mass is 16.3. The van der Waals surface area contributed by atoms with Gasteiger partial charge in [-0.2, -0.15) is 0 Å². The molecule has 0 aliphatic carbocycles. The van der Waals surface area contributed by atoms with Crippen molar-refractivity contribution in [2.45, 2.75) is 19.9 Å². The second kappa shape index (κ2) is 6.54.